The molecular formula is C31H67N2O2Si2+. The minimum absolute atomic E-state index is 0.414. The van der Waals surface area contributed by atoms with Gasteiger partial charge in [-0.2, -0.15) is 0 Å². The van der Waals surface area contributed by atoms with Crippen molar-refractivity contribution < 1.29 is 13.4 Å². The molecule has 220 valence electrons. The topological polar surface area (TPSA) is 24.7 Å². The van der Waals surface area contributed by atoms with Crippen molar-refractivity contribution in [2.45, 2.75) is 156 Å². The summed E-state index contributed by atoms with van der Waals surface area (Å²) in [6, 6.07) is 0.828. The minimum atomic E-state index is -1.88. The van der Waals surface area contributed by atoms with Gasteiger partial charge in [0.25, 0.3) is 0 Å². The maximum Gasteiger partial charge on any atom is 0.235 e. The highest BCUT2D eigenvalue weighted by atomic mass is 28.4. The number of rotatable bonds is 16. The summed E-state index contributed by atoms with van der Waals surface area (Å²) in [6.45, 7) is 42.0. The van der Waals surface area contributed by atoms with E-state index >= 15 is 0 Å². The fourth-order valence-corrected chi connectivity index (χ4v) is 18.8. The molecule has 0 bridgehead atoms. The van der Waals surface area contributed by atoms with Crippen LogP contribution in [0.5, 0.6) is 0 Å². The highest BCUT2D eigenvalue weighted by Gasteiger charge is 2.48. The average molecular weight is 556 g/mol. The van der Waals surface area contributed by atoms with Gasteiger partial charge in [0.1, 0.15) is 25.2 Å². The van der Waals surface area contributed by atoms with Crippen LogP contribution in [0, 0.1) is 11.8 Å². The van der Waals surface area contributed by atoms with Gasteiger partial charge in [0.15, 0.2) is 0 Å². The fraction of sp³-hybridized carbons (Fsp3) is 0.968. The molecule has 0 spiro atoms. The van der Waals surface area contributed by atoms with E-state index in [4.69, 9.17) is 8.85 Å². The summed E-state index contributed by atoms with van der Waals surface area (Å²) >= 11 is 0. The largest absolute Gasteiger partial charge is 0.412 e. The highest BCUT2D eigenvalue weighted by molar-refractivity contribution is 6.78. The number of hydrogen-bond donors (Lipinski definition) is 0. The van der Waals surface area contributed by atoms with Crippen molar-refractivity contribution >= 4 is 23.0 Å². The Morgan fingerprint density at radius 3 is 1.30 bits per heavy atom. The normalized spacial score (nSPS) is 17.6. The van der Waals surface area contributed by atoms with E-state index in [0.29, 0.717) is 57.2 Å². The molecule has 0 saturated heterocycles. The first-order chi connectivity index (χ1) is 17.0. The standard InChI is InChI=1S/C31H67N2O2Si2/c1-22(2)30(19-34-36(24(5)6,25(7)8)26(9)10)32-17-18-33(21-32)31(23(3)4)20-35-37(27(11)12,28(13)14)29(15)16/h21-31H,17-20H2,1-16H3/q+1/t30-,31-/m1/s1. The van der Waals surface area contributed by atoms with E-state index in [2.05, 4.69) is 127 Å². The molecule has 4 nitrogen and oxygen atoms in total. The Bertz CT molecular complexity index is 658. The van der Waals surface area contributed by atoms with Crippen LogP contribution < -0.4 is 0 Å². The van der Waals surface area contributed by atoms with Crippen LogP contribution in [-0.2, 0) is 8.85 Å². The molecule has 1 aliphatic heterocycles. The van der Waals surface area contributed by atoms with Gasteiger partial charge in [0.05, 0.1) is 13.2 Å². The Morgan fingerprint density at radius 2 is 0.973 bits per heavy atom. The van der Waals surface area contributed by atoms with Gasteiger partial charge < -0.3 is 8.85 Å². The molecule has 1 heterocycles. The molecular weight excluding hydrogens is 489 g/mol. The van der Waals surface area contributed by atoms with Gasteiger partial charge >= 0.3 is 0 Å². The first kappa shape index (κ1) is 34.9. The minimum Gasteiger partial charge on any atom is -0.412 e. The van der Waals surface area contributed by atoms with E-state index in [1.165, 1.54) is 0 Å². The molecule has 0 radical (unpaired) electrons. The van der Waals surface area contributed by atoms with Crippen molar-refractivity contribution in [2.75, 3.05) is 26.3 Å². The summed E-state index contributed by atoms with van der Waals surface area (Å²) in [5.74, 6) is 1.09. The van der Waals surface area contributed by atoms with Gasteiger partial charge in [-0.05, 0) is 45.1 Å². The van der Waals surface area contributed by atoms with Crippen LogP contribution in [0.2, 0.25) is 33.2 Å². The predicted molar refractivity (Wildman–Crippen MR) is 169 cm³/mol. The van der Waals surface area contributed by atoms with Gasteiger partial charge in [-0.25, -0.2) is 0 Å². The Hall–Kier alpha value is -0.176. The summed E-state index contributed by atoms with van der Waals surface area (Å²) in [7, 11) is -3.76. The Balaban J connectivity index is 3.17. The van der Waals surface area contributed by atoms with E-state index in [1.54, 1.807) is 0 Å². The molecule has 0 aromatic rings. The molecule has 1 aliphatic rings. The second-order valence-corrected chi connectivity index (χ2v) is 25.4. The Morgan fingerprint density at radius 1 is 0.595 bits per heavy atom. The van der Waals surface area contributed by atoms with Crippen LogP contribution >= 0.6 is 0 Å². The SMILES string of the molecule is CC(C)[C@@H](CO[Si](C(C)C)(C(C)C)C(C)C)N1C=[N+]([C@H](CO[Si](C(C)C)(C(C)C)C(C)C)C(C)C)CC1. The highest BCUT2D eigenvalue weighted by Crippen LogP contribution is 2.43. The maximum absolute atomic E-state index is 7.10. The van der Waals surface area contributed by atoms with Crippen LogP contribution in [0.25, 0.3) is 0 Å². The Labute approximate surface area is 235 Å². The molecule has 0 N–H and O–H groups in total. The van der Waals surface area contributed by atoms with Crippen LogP contribution in [0.4, 0.5) is 0 Å². The molecule has 1 rings (SSSR count). The third-order valence-corrected chi connectivity index (χ3v) is 21.9. The van der Waals surface area contributed by atoms with Gasteiger partial charge in [0.2, 0.25) is 23.0 Å². The quantitative estimate of drug-likeness (QED) is 0.140. The van der Waals surface area contributed by atoms with Crippen molar-refractivity contribution in [3.8, 4) is 0 Å². The van der Waals surface area contributed by atoms with E-state index in [0.717, 1.165) is 26.3 Å². The van der Waals surface area contributed by atoms with Crippen molar-refractivity contribution in [1.29, 1.82) is 0 Å². The summed E-state index contributed by atoms with van der Waals surface area (Å²) in [6.07, 6.45) is 2.44. The molecule has 6 heteroatoms. The number of nitrogens with zero attached hydrogens (tertiary/aromatic N) is 2. The lowest BCUT2D eigenvalue weighted by Crippen LogP contribution is -2.51. The van der Waals surface area contributed by atoms with Crippen molar-refractivity contribution in [3.63, 3.8) is 0 Å². The molecule has 0 amide bonds. The molecule has 0 saturated carbocycles. The van der Waals surface area contributed by atoms with Crippen LogP contribution in [0.1, 0.15) is 111 Å². The van der Waals surface area contributed by atoms with Crippen molar-refractivity contribution in [3.05, 3.63) is 0 Å². The second kappa shape index (κ2) is 14.5. The lowest BCUT2D eigenvalue weighted by atomic mass is 10.0. The predicted octanol–water partition coefficient (Wildman–Crippen LogP) is 8.78. The summed E-state index contributed by atoms with van der Waals surface area (Å²) in [4.78, 5) is 2.60. The first-order valence-corrected chi connectivity index (χ1v) is 19.9. The molecule has 0 aromatic carbocycles. The third-order valence-electron chi connectivity index (χ3n) is 9.73. The van der Waals surface area contributed by atoms with Crippen LogP contribution in [0.15, 0.2) is 0 Å². The van der Waals surface area contributed by atoms with Gasteiger partial charge in [-0.1, -0.05) is 111 Å². The van der Waals surface area contributed by atoms with Gasteiger partial charge in [0, 0.05) is 0 Å². The van der Waals surface area contributed by atoms with E-state index < -0.39 is 16.6 Å². The van der Waals surface area contributed by atoms with Gasteiger partial charge in [-0.15, -0.1) is 0 Å². The van der Waals surface area contributed by atoms with E-state index in [1.807, 2.05) is 0 Å². The summed E-state index contributed by atoms with van der Waals surface area (Å²) < 4.78 is 16.8. The monoisotopic (exact) mass is 555 g/mol. The van der Waals surface area contributed by atoms with E-state index in [-0.39, 0.29) is 0 Å². The van der Waals surface area contributed by atoms with Gasteiger partial charge in [-0.3, -0.25) is 9.48 Å². The molecule has 0 aliphatic carbocycles. The zero-order valence-electron chi connectivity index (χ0n) is 27.9. The zero-order chi connectivity index (χ0) is 28.9. The molecule has 0 unspecified atom stereocenters. The van der Waals surface area contributed by atoms with E-state index in [9.17, 15) is 0 Å². The summed E-state index contributed by atoms with van der Waals surface area (Å²) in [5.41, 5.74) is 3.72. The Kier molecular flexibility index (Phi) is 13.6. The van der Waals surface area contributed by atoms with Crippen LogP contribution in [-0.4, -0.2) is 70.8 Å². The maximum atomic E-state index is 7.10. The fourth-order valence-electron chi connectivity index (χ4n) is 7.84. The lowest BCUT2D eigenvalue weighted by Gasteiger charge is -2.43. The second-order valence-electron chi connectivity index (χ2n) is 14.5. The third kappa shape index (κ3) is 7.73. The molecule has 0 fully saturated rings. The summed E-state index contributed by atoms with van der Waals surface area (Å²) in [5, 5.41) is 0. The molecule has 37 heavy (non-hydrogen) atoms. The molecule has 0 aromatic heterocycles. The zero-order valence-corrected chi connectivity index (χ0v) is 29.9. The van der Waals surface area contributed by atoms with Crippen molar-refractivity contribution in [2.24, 2.45) is 11.8 Å². The first-order valence-electron chi connectivity index (χ1n) is 15.6. The van der Waals surface area contributed by atoms with Crippen LogP contribution in [0.3, 0.4) is 0 Å². The lowest BCUT2D eigenvalue weighted by molar-refractivity contribution is -0.563. The number of hydrogen-bond acceptors (Lipinski definition) is 3. The average Bonchev–Trinajstić information content (AvgIpc) is 3.21. The van der Waals surface area contributed by atoms with Crippen molar-refractivity contribution in [1.82, 2.24) is 4.90 Å². The smallest absolute Gasteiger partial charge is 0.235 e. The molecule has 2 atom stereocenters.